The summed E-state index contributed by atoms with van der Waals surface area (Å²) in [5, 5.41) is 16.7. The van der Waals surface area contributed by atoms with Gasteiger partial charge in [0.1, 0.15) is 0 Å². The minimum Gasteiger partial charge on any atom is -0.379 e. The highest BCUT2D eigenvalue weighted by molar-refractivity contribution is 8.14. The normalized spacial score (nSPS) is 14.2. The van der Waals surface area contributed by atoms with Crippen LogP contribution in [0.2, 0.25) is 0 Å². The number of pyridine rings is 1. The molecular weight excluding hydrogens is 280 g/mol. The molecule has 1 heterocycles. The number of nitrogens with zero attached hydrogens (tertiary/aromatic N) is 2. The maximum atomic E-state index is 8.94. The lowest BCUT2D eigenvalue weighted by Gasteiger charge is -2.31. The van der Waals surface area contributed by atoms with Gasteiger partial charge in [0.05, 0.1) is 6.07 Å². The molecule has 114 valence electrons. The van der Waals surface area contributed by atoms with Gasteiger partial charge in [-0.1, -0.05) is 39.5 Å². The molecule has 0 amide bonds. The third kappa shape index (κ3) is 4.47. The molecule has 0 aliphatic heterocycles. The van der Waals surface area contributed by atoms with Gasteiger partial charge in [-0.25, -0.2) is 0 Å². The summed E-state index contributed by atoms with van der Waals surface area (Å²) < 4.78 is 0. The third-order valence-electron chi connectivity index (χ3n) is 4.07. The van der Waals surface area contributed by atoms with Crippen LogP contribution in [0.1, 0.15) is 57.7 Å². The fourth-order valence-electron chi connectivity index (χ4n) is 2.21. The molecule has 3 N–H and O–H groups in total. The fourth-order valence-corrected chi connectivity index (χ4v) is 3.00. The predicted octanol–water partition coefficient (Wildman–Crippen LogP) is 3.78. The lowest BCUT2D eigenvalue weighted by atomic mass is 9.83. The molecule has 1 rings (SSSR count). The van der Waals surface area contributed by atoms with Crippen LogP contribution in [-0.4, -0.2) is 15.4 Å². The van der Waals surface area contributed by atoms with Gasteiger partial charge in [-0.05, 0) is 30.0 Å². The monoisotopic (exact) mass is 304 g/mol. The summed E-state index contributed by atoms with van der Waals surface area (Å²) in [7, 11) is 0. The van der Waals surface area contributed by atoms with Crippen LogP contribution in [0.15, 0.2) is 18.3 Å². The minimum absolute atomic E-state index is 0.127. The summed E-state index contributed by atoms with van der Waals surface area (Å²) in [6.07, 6.45) is 3.28. The van der Waals surface area contributed by atoms with E-state index in [2.05, 4.69) is 44.8 Å². The first kappa shape index (κ1) is 17.5. The molecule has 0 aliphatic carbocycles. The molecule has 2 atom stereocenters. The van der Waals surface area contributed by atoms with Crippen molar-refractivity contribution in [3.05, 3.63) is 29.6 Å². The van der Waals surface area contributed by atoms with Gasteiger partial charge < -0.3 is 5.73 Å². The molecule has 2 unspecified atom stereocenters. The summed E-state index contributed by atoms with van der Waals surface area (Å²) in [5.41, 5.74) is 7.45. The molecule has 1 aromatic heterocycles. The molecule has 1 aromatic rings. The number of hydrogen-bond donors (Lipinski definition) is 2. The van der Waals surface area contributed by atoms with Gasteiger partial charge in [-0.3, -0.25) is 10.4 Å². The van der Waals surface area contributed by atoms with Crippen LogP contribution in [0.25, 0.3) is 0 Å². The number of nitriles is 1. The smallest absolute Gasteiger partial charge is 0.151 e. The van der Waals surface area contributed by atoms with Gasteiger partial charge in [0.25, 0.3) is 0 Å². The first-order valence-corrected chi connectivity index (χ1v) is 8.04. The second-order valence-corrected chi connectivity index (χ2v) is 7.17. The van der Waals surface area contributed by atoms with E-state index in [1.54, 1.807) is 0 Å². The van der Waals surface area contributed by atoms with E-state index in [1.807, 2.05) is 12.3 Å². The van der Waals surface area contributed by atoms with Crippen molar-refractivity contribution in [3.63, 3.8) is 0 Å². The maximum Gasteiger partial charge on any atom is 0.151 e. The highest BCUT2D eigenvalue weighted by Gasteiger charge is 2.31. The lowest BCUT2D eigenvalue weighted by Crippen LogP contribution is -2.32. The average molecular weight is 304 g/mol. The second-order valence-electron chi connectivity index (χ2n) is 5.79. The van der Waals surface area contributed by atoms with Gasteiger partial charge in [0.2, 0.25) is 0 Å². The summed E-state index contributed by atoms with van der Waals surface area (Å²) in [5.74, 6) is 0.253. The highest BCUT2D eigenvalue weighted by Crippen LogP contribution is 2.35. The van der Waals surface area contributed by atoms with Crippen molar-refractivity contribution < 1.29 is 0 Å². The summed E-state index contributed by atoms with van der Waals surface area (Å²) >= 11 is 1.36. The first-order valence-electron chi connectivity index (χ1n) is 7.17. The third-order valence-corrected chi connectivity index (χ3v) is 5.26. The van der Waals surface area contributed by atoms with Crippen LogP contribution in [0.5, 0.6) is 0 Å². The van der Waals surface area contributed by atoms with E-state index in [1.165, 1.54) is 11.8 Å². The zero-order valence-corrected chi connectivity index (χ0v) is 14.0. The molecule has 0 aromatic carbocycles. The zero-order valence-electron chi connectivity index (χ0n) is 13.2. The number of rotatable bonds is 6. The van der Waals surface area contributed by atoms with E-state index in [4.69, 9.17) is 16.4 Å². The van der Waals surface area contributed by atoms with E-state index in [9.17, 15) is 0 Å². The van der Waals surface area contributed by atoms with Crippen molar-refractivity contribution in [2.45, 2.75) is 57.1 Å². The molecule has 21 heavy (non-hydrogen) atoms. The van der Waals surface area contributed by atoms with Crippen LogP contribution in [0.3, 0.4) is 0 Å². The number of aromatic nitrogens is 1. The number of amidine groups is 1. The van der Waals surface area contributed by atoms with Crippen molar-refractivity contribution in [3.8, 4) is 6.07 Å². The van der Waals surface area contributed by atoms with Gasteiger partial charge in [0, 0.05) is 29.0 Å². The standard InChI is InChI=1S/C16H24N4S/c1-5-12(6-8-17)13-7-9-20-14(10-13)16(3,4)11(2)21-15(18)19/h7,9-12H,5-6H2,1-4H3,(H3,18,19). The molecule has 0 aliphatic rings. The molecule has 0 saturated heterocycles. The topological polar surface area (TPSA) is 86.5 Å². The van der Waals surface area contributed by atoms with Crippen LogP contribution in [0, 0.1) is 16.7 Å². The van der Waals surface area contributed by atoms with Crippen LogP contribution < -0.4 is 5.73 Å². The molecule has 0 fully saturated rings. The Morgan fingerprint density at radius 1 is 1.57 bits per heavy atom. The summed E-state index contributed by atoms with van der Waals surface area (Å²) in [4.78, 5) is 4.51. The zero-order chi connectivity index (χ0) is 16.0. The van der Waals surface area contributed by atoms with Gasteiger partial charge >= 0.3 is 0 Å². The van der Waals surface area contributed by atoms with Crippen LogP contribution in [0.4, 0.5) is 0 Å². The van der Waals surface area contributed by atoms with Gasteiger partial charge in [-0.15, -0.1) is 0 Å². The van der Waals surface area contributed by atoms with Gasteiger partial charge in [-0.2, -0.15) is 5.26 Å². The Morgan fingerprint density at radius 3 is 2.76 bits per heavy atom. The lowest BCUT2D eigenvalue weighted by molar-refractivity contribution is 0.503. The number of nitrogens with two attached hydrogens (primary N) is 1. The Labute approximate surface area is 131 Å². The number of thioether (sulfide) groups is 1. The number of nitrogens with one attached hydrogen (secondary N) is 1. The quantitative estimate of drug-likeness (QED) is 0.618. The van der Waals surface area contributed by atoms with Crippen molar-refractivity contribution in [1.82, 2.24) is 4.98 Å². The maximum absolute atomic E-state index is 8.94. The Hall–Kier alpha value is -1.54. The molecular formula is C16H24N4S. The minimum atomic E-state index is -0.197. The molecule has 5 heteroatoms. The molecule has 0 saturated carbocycles. The van der Waals surface area contributed by atoms with Crippen molar-refractivity contribution in [1.29, 1.82) is 10.7 Å². The highest BCUT2D eigenvalue weighted by atomic mass is 32.2. The van der Waals surface area contributed by atoms with E-state index >= 15 is 0 Å². The fraction of sp³-hybridized carbons (Fsp3) is 0.562. The second kappa shape index (κ2) is 7.46. The molecule has 4 nitrogen and oxygen atoms in total. The Balaban J connectivity index is 3.08. The van der Waals surface area contributed by atoms with Crippen LogP contribution in [-0.2, 0) is 5.41 Å². The van der Waals surface area contributed by atoms with E-state index < -0.39 is 0 Å². The Morgan fingerprint density at radius 2 is 2.24 bits per heavy atom. The predicted molar refractivity (Wildman–Crippen MR) is 89.5 cm³/mol. The van der Waals surface area contributed by atoms with Crippen molar-refractivity contribution >= 4 is 16.9 Å². The van der Waals surface area contributed by atoms with Crippen LogP contribution >= 0.6 is 11.8 Å². The summed E-state index contributed by atoms with van der Waals surface area (Å²) in [6, 6.07) is 6.35. The first-order chi connectivity index (χ1) is 9.82. The molecule has 0 spiro atoms. The molecule has 0 radical (unpaired) electrons. The van der Waals surface area contributed by atoms with Crippen molar-refractivity contribution in [2.75, 3.05) is 0 Å². The average Bonchev–Trinajstić information content (AvgIpc) is 2.44. The van der Waals surface area contributed by atoms with E-state index in [0.717, 1.165) is 17.7 Å². The molecule has 0 bridgehead atoms. The largest absolute Gasteiger partial charge is 0.379 e. The van der Waals surface area contributed by atoms with E-state index in [0.29, 0.717) is 6.42 Å². The van der Waals surface area contributed by atoms with E-state index in [-0.39, 0.29) is 21.8 Å². The Kier molecular flexibility index (Phi) is 6.22. The number of hydrogen-bond acceptors (Lipinski definition) is 4. The van der Waals surface area contributed by atoms with Crippen molar-refractivity contribution in [2.24, 2.45) is 5.73 Å². The Bertz CT molecular complexity index is 533. The SMILES string of the molecule is CCC(CC#N)c1ccnc(C(C)(C)C(C)SC(=N)N)c1. The summed E-state index contributed by atoms with van der Waals surface area (Å²) in [6.45, 7) is 8.39. The van der Waals surface area contributed by atoms with Gasteiger partial charge in [0.15, 0.2) is 5.17 Å².